The van der Waals surface area contributed by atoms with E-state index in [0.29, 0.717) is 6.79 Å². The van der Waals surface area contributed by atoms with Crippen LogP contribution in [-0.2, 0) is 12.8 Å². The van der Waals surface area contributed by atoms with Crippen LogP contribution < -0.4 is 20.1 Å². The maximum Gasteiger partial charge on any atom is 0.231 e. The van der Waals surface area contributed by atoms with Gasteiger partial charge in [0.05, 0.1) is 0 Å². The average Bonchev–Trinajstić information content (AvgIpc) is 3.34. The number of aliphatic imine (C=N–C) groups is 1. The Morgan fingerprint density at radius 2 is 1.89 bits per heavy atom. The van der Waals surface area contributed by atoms with E-state index in [-0.39, 0.29) is 0 Å². The fourth-order valence-electron chi connectivity index (χ4n) is 3.61. The summed E-state index contributed by atoms with van der Waals surface area (Å²) in [7, 11) is 1.80. The van der Waals surface area contributed by atoms with Gasteiger partial charge in [0.2, 0.25) is 6.79 Å². The lowest BCUT2D eigenvalue weighted by Crippen LogP contribution is -2.39. The first kappa shape index (κ1) is 18.2. The Hall–Kier alpha value is -3.15. The molecule has 0 unspecified atom stereocenters. The predicted octanol–water partition coefficient (Wildman–Crippen LogP) is 3.16. The maximum atomic E-state index is 5.43. The van der Waals surface area contributed by atoms with Gasteiger partial charge in [-0.1, -0.05) is 18.2 Å². The molecule has 4 rings (SSSR count). The monoisotopic (exact) mass is 378 g/mol. The van der Waals surface area contributed by atoms with E-state index in [1.165, 1.54) is 27.6 Å². The highest BCUT2D eigenvalue weighted by atomic mass is 16.7. The van der Waals surface area contributed by atoms with E-state index in [9.17, 15) is 0 Å². The lowest BCUT2D eigenvalue weighted by atomic mass is 10.1. The zero-order valence-corrected chi connectivity index (χ0v) is 16.3. The second-order valence-electron chi connectivity index (χ2n) is 6.92. The van der Waals surface area contributed by atoms with Crippen molar-refractivity contribution in [2.75, 3.05) is 26.9 Å². The van der Waals surface area contributed by atoms with Gasteiger partial charge in [0, 0.05) is 37.2 Å². The molecule has 0 radical (unpaired) electrons. The molecule has 2 aromatic carbocycles. The van der Waals surface area contributed by atoms with E-state index in [4.69, 9.17) is 9.47 Å². The van der Waals surface area contributed by atoms with E-state index in [0.717, 1.165) is 43.4 Å². The van der Waals surface area contributed by atoms with Gasteiger partial charge in [0.25, 0.3) is 0 Å². The summed E-state index contributed by atoms with van der Waals surface area (Å²) in [5.41, 5.74) is 5.04. The molecule has 1 aliphatic heterocycles. The summed E-state index contributed by atoms with van der Waals surface area (Å²) in [6.07, 6.45) is 3.93. The molecular formula is C22H26N4O2. The SMILES string of the molecule is CN=C(NCCc1ccc2c(c1)OCO2)NCCc1c[nH]c2cccc(C)c12. The van der Waals surface area contributed by atoms with Crippen molar-refractivity contribution >= 4 is 16.9 Å². The number of aromatic amines is 1. The number of aromatic nitrogens is 1. The minimum Gasteiger partial charge on any atom is -0.454 e. The number of nitrogens with one attached hydrogen (secondary N) is 3. The number of benzene rings is 2. The van der Waals surface area contributed by atoms with Gasteiger partial charge in [-0.25, -0.2) is 0 Å². The molecule has 6 nitrogen and oxygen atoms in total. The molecule has 1 aliphatic rings. The summed E-state index contributed by atoms with van der Waals surface area (Å²) in [6, 6.07) is 12.4. The lowest BCUT2D eigenvalue weighted by molar-refractivity contribution is 0.174. The van der Waals surface area contributed by atoms with Crippen LogP contribution in [0.3, 0.4) is 0 Å². The van der Waals surface area contributed by atoms with Crippen molar-refractivity contribution in [1.82, 2.24) is 15.6 Å². The standard InChI is InChI=1S/C22H26N4O2/c1-15-4-3-5-18-21(15)17(13-26-18)9-11-25-22(23-2)24-10-8-16-6-7-19-20(12-16)28-14-27-19/h3-7,12-13,26H,8-11,14H2,1-2H3,(H2,23,24,25). The quantitative estimate of drug-likeness (QED) is 0.455. The first-order valence-electron chi connectivity index (χ1n) is 9.63. The Balaban J connectivity index is 1.26. The average molecular weight is 378 g/mol. The van der Waals surface area contributed by atoms with Gasteiger partial charge in [-0.15, -0.1) is 0 Å². The predicted molar refractivity (Wildman–Crippen MR) is 112 cm³/mol. The molecule has 28 heavy (non-hydrogen) atoms. The van der Waals surface area contributed by atoms with Crippen LogP contribution >= 0.6 is 0 Å². The van der Waals surface area contributed by atoms with Gasteiger partial charge in [0.15, 0.2) is 17.5 Å². The maximum absolute atomic E-state index is 5.43. The van der Waals surface area contributed by atoms with Crippen LogP contribution in [0.4, 0.5) is 0 Å². The van der Waals surface area contributed by atoms with E-state index < -0.39 is 0 Å². The van der Waals surface area contributed by atoms with Crippen molar-refractivity contribution < 1.29 is 9.47 Å². The Kier molecular flexibility index (Phi) is 5.37. The van der Waals surface area contributed by atoms with Crippen molar-refractivity contribution in [2.24, 2.45) is 4.99 Å². The topological polar surface area (TPSA) is 70.7 Å². The van der Waals surface area contributed by atoms with Crippen LogP contribution in [0.5, 0.6) is 11.5 Å². The number of rotatable bonds is 6. The minimum atomic E-state index is 0.309. The van der Waals surface area contributed by atoms with Gasteiger partial charge in [0.1, 0.15) is 0 Å². The van der Waals surface area contributed by atoms with Crippen molar-refractivity contribution in [3.63, 3.8) is 0 Å². The largest absolute Gasteiger partial charge is 0.454 e. The fraction of sp³-hybridized carbons (Fsp3) is 0.318. The van der Waals surface area contributed by atoms with Gasteiger partial charge >= 0.3 is 0 Å². The van der Waals surface area contributed by atoms with Crippen LogP contribution in [0.15, 0.2) is 47.6 Å². The summed E-state index contributed by atoms with van der Waals surface area (Å²) >= 11 is 0. The molecule has 3 N–H and O–H groups in total. The Morgan fingerprint density at radius 1 is 1.07 bits per heavy atom. The Bertz CT molecular complexity index is 993. The number of nitrogens with zero attached hydrogens (tertiary/aromatic N) is 1. The third kappa shape index (κ3) is 3.91. The lowest BCUT2D eigenvalue weighted by Gasteiger charge is -2.12. The second kappa shape index (κ2) is 8.25. The second-order valence-corrected chi connectivity index (χ2v) is 6.92. The van der Waals surface area contributed by atoms with Crippen molar-refractivity contribution in [2.45, 2.75) is 19.8 Å². The summed E-state index contributed by atoms with van der Waals surface area (Å²) in [5, 5.41) is 8.10. The molecule has 0 amide bonds. The van der Waals surface area contributed by atoms with Gasteiger partial charge in [-0.3, -0.25) is 4.99 Å². The normalized spacial score (nSPS) is 13.1. The molecule has 0 atom stereocenters. The summed E-state index contributed by atoms with van der Waals surface area (Å²) in [5.74, 6) is 2.47. The zero-order valence-electron chi connectivity index (χ0n) is 16.3. The van der Waals surface area contributed by atoms with Gasteiger partial charge in [-0.05, 0) is 54.7 Å². The number of H-pyrrole nitrogens is 1. The Labute approximate surface area is 165 Å². The van der Waals surface area contributed by atoms with Crippen LogP contribution in [0.2, 0.25) is 0 Å². The van der Waals surface area contributed by atoms with E-state index in [2.05, 4.69) is 58.0 Å². The molecule has 0 aliphatic carbocycles. The molecule has 3 aromatic rings. The molecule has 0 saturated carbocycles. The number of hydrogen-bond donors (Lipinski definition) is 3. The zero-order chi connectivity index (χ0) is 19.3. The highest BCUT2D eigenvalue weighted by Gasteiger charge is 2.13. The Morgan fingerprint density at radius 3 is 2.75 bits per heavy atom. The molecule has 146 valence electrons. The molecule has 0 fully saturated rings. The summed E-state index contributed by atoms with van der Waals surface area (Å²) in [4.78, 5) is 7.68. The molecule has 6 heteroatoms. The van der Waals surface area contributed by atoms with Crippen molar-refractivity contribution in [3.05, 3.63) is 59.3 Å². The smallest absolute Gasteiger partial charge is 0.231 e. The number of guanidine groups is 1. The van der Waals surface area contributed by atoms with Crippen LogP contribution in [0, 0.1) is 6.92 Å². The highest BCUT2D eigenvalue weighted by Crippen LogP contribution is 2.32. The van der Waals surface area contributed by atoms with Crippen LogP contribution in [-0.4, -0.2) is 37.9 Å². The molecule has 1 aromatic heterocycles. The fourth-order valence-corrected chi connectivity index (χ4v) is 3.61. The van der Waals surface area contributed by atoms with E-state index >= 15 is 0 Å². The van der Waals surface area contributed by atoms with Crippen molar-refractivity contribution in [3.8, 4) is 11.5 Å². The first-order valence-corrected chi connectivity index (χ1v) is 9.63. The van der Waals surface area contributed by atoms with Crippen LogP contribution in [0.25, 0.3) is 10.9 Å². The molecule has 0 spiro atoms. The summed E-state index contributed by atoms with van der Waals surface area (Å²) in [6.45, 7) is 4.09. The third-order valence-corrected chi connectivity index (χ3v) is 5.05. The molecule has 0 saturated heterocycles. The van der Waals surface area contributed by atoms with E-state index in [1.807, 2.05) is 12.1 Å². The highest BCUT2D eigenvalue weighted by molar-refractivity contribution is 5.86. The minimum absolute atomic E-state index is 0.309. The summed E-state index contributed by atoms with van der Waals surface area (Å²) < 4.78 is 10.8. The number of hydrogen-bond acceptors (Lipinski definition) is 3. The van der Waals surface area contributed by atoms with Crippen molar-refractivity contribution in [1.29, 1.82) is 0 Å². The van der Waals surface area contributed by atoms with Gasteiger partial charge < -0.3 is 25.1 Å². The number of ether oxygens (including phenoxy) is 2. The number of fused-ring (bicyclic) bond motifs is 2. The third-order valence-electron chi connectivity index (χ3n) is 5.05. The molecular weight excluding hydrogens is 352 g/mol. The van der Waals surface area contributed by atoms with E-state index in [1.54, 1.807) is 7.05 Å². The van der Waals surface area contributed by atoms with Gasteiger partial charge in [-0.2, -0.15) is 0 Å². The first-order chi connectivity index (χ1) is 13.7. The number of aryl methyl sites for hydroxylation is 1. The molecule has 0 bridgehead atoms. The molecule has 2 heterocycles. The van der Waals surface area contributed by atoms with Crippen LogP contribution in [0.1, 0.15) is 16.7 Å².